The van der Waals surface area contributed by atoms with Crippen LogP contribution in [0.4, 0.5) is 0 Å². The predicted molar refractivity (Wildman–Crippen MR) is 66.2 cm³/mol. The van der Waals surface area contributed by atoms with Gasteiger partial charge in [-0.25, -0.2) is 4.79 Å². The van der Waals surface area contributed by atoms with Gasteiger partial charge in [-0.3, -0.25) is 0 Å². The summed E-state index contributed by atoms with van der Waals surface area (Å²) in [7, 11) is 0. The molecule has 1 aliphatic rings. The van der Waals surface area contributed by atoms with Crippen LogP contribution in [0.25, 0.3) is 11.1 Å². The lowest BCUT2D eigenvalue weighted by atomic mass is 10.0. The third kappa shape index (κ3) is 1.66. The molecule has 90 valence electrons. The van der Waals surface area contributed by atoms with E-state index in [1.807, 2.05) is 18.2 Å². The van der Waals surface area contributed by atoms with E-state index in [0.29, 0.717) is 12.2 Å². The van der Waals surface area contributed by atoms with Crippen LogP contribution in [0.2, 0.25) is 0 Å². The lowest BCUT2D eigenvalue weighted by Gasteiger charge is -2.04. The van der Waals surface area contributed by atoms with Crippen molar-refractivity contribution in [1.29, 1.82) is 0 Å². The van der Waals surface area contributed by atoms with Gasteiger partial charge in [-0.1, -0.05) is 6.07 Å². The number of ether oxygens (including phenoxy) is 1. The SMILES string of the molecule is CCOC(=O)c1ccc2c(c1)Cc1nnccc1-2. The van der Waals surface area contributed by atoms with Gasteiger partial charge in [-0.15, -0.1) is 0 Å². The Morgan fingerprint density at radius 1 is 1.33 bits per heavy atom. The molecule has 0 aliphatic heterocycles. The summed E-state index contributed by atoms with van der Waals surface area (Å²) in [4.78, 5) is 11.7. The van der Waals surface area contributed by atoms with Crippen LogP contribution in [0.3, 0.4) is 0 Å². The Hall–Kier alpha value is -2.23. The van der Waals surface area contributed by atoms with Crippen LogP contribution < -0.4 is 0 Å². The van der Waals surface area contributed by atoms with Crippen molar-refractivity contribution in [1.82, 2.24) is 10.2 Å². The van der Waals surface area contributed by atoms with Gasteiger partial charge in [-0.05, 0) is 36.2 Å². The van der Waals surface area contributed by atoms with Crippen molar-refractivity contribution in [3.05, 3.63) is 47.3 Å². The molecule has 0 atom stereocenters. The zero-order chi connectivity index (χ0) is 12.5. The van der Waals surface area contributed by atoms with Gasteiger partial charge in [0.05, 0.1) is 24.1 Å². The minimum Gasteiger partial charge on any atom is -0.462 e. The van der Waals surface area contributed by atoms with Crippen molar-refractivity contribution in [2.24, 2.45) is 0 Å². The molecule has 4 heteroatoms. The molecule has 0 saturated heterocycles. The van der Waals surface area contributed by atoms with E-state index >= 15 is 0 Å². The summed E-state index contributed by atoms with van der Waals surface area (Å²) in [5.41, 5.74) is 4.91. The Kier molecular flexibility index (Phi) is 2.55. The van der Waals surface area contributed by atoms with E-state index in [0.717, 1.165) is 28.8 Å². The molecule has 0 saturated carbocycles. The number of fused-ring (bicyclic) bond motifs is 3. The Balaban J connectivity index is 2.01. The van der Waals surface area contributed by atoms with Crippen LogP contribution in [-0.2, 0) is 11.2 Å². The van der Waals surface area contributed by atoms with Gasteiger partial charge in [0.15, 0.2) is 0 Å². The summed E-state index contributed by atoms with van der Waals surface area (Å²) >= 11 is 0. The van der Waals surface area contributed by atoms with E-state index < -0.39 is 0 Å². The van der Waals surface area contributed by atoms with Crippen molar-refractivity contribution in [3.8, 4) is 11.1 Å². The van der Waals surface area contributed by atoms with Crippen LogP contribution in [0, 0.1) is 0 Å². The van der Waals surface area contributed by atoms with Crippen molar-refractivity contribution in [3.63, 3.8) is 0 Å². The van der Waals surface area contributed by atoms with Crippen molar-refractivity contribution in [2.75, 3.05) is 6.61 Å². The quantitative estimate of drug-likeness (QED) is 0.644. The van der Waals surface area contributed by atoms with E-state index in [9.17, 15) is 4.79 Å². The summed E-state index contributed by atoms with van der Waals surface area (Å²) in [6.45, 7) is 2.19. The topological polar surface area (TPSA) is 52.1 Å². The second-order valence-corrected chi connectivity index (χ2v) is 4.16. The standard InChI is InChI=1S/C14H12N2O2/c1-2-18-14(17)9-3-4-11-10(7-9)8-13-12(11)5-6-15-16-13/h3-7H,2,8H2,1H3. The molecule has 0 spiro atoms. The molecule has 0 radical (unpaired) electrons. The fourth-order valence-corrected chi connectivity index (χ4v) is 2.26. The molecule has 0 fully saturated rings. The second kappa shape index (κ2) is 4.22. The first kappa shape index (κ1) is 10.9. The predicted octanol–water partition coefficient (Wildman–Crippen LogP) is 2.22. The molecule has 0 amide bonds. The third-order valence-electron chi connectivity index (χ3n) is 3.06. The summed E-state index contributed by atoms with van der Waals surface area (Å²) in [5, 5.41) is 8.00. The van der Waals surface area contributed by atoms with E-state index in [1.54, 1.807) is 19.2 Å². The molecule has 18 heavy (non-hydrogen) atoms. The van der Waals surface area contributed by atoms with Crippen LogP contribution in [0.15, 0.2) is 30.5 Å². The lowest BCUT2D eigenvalue weighted by molar-refractivity contribution is 0.0526. The van der Waals surface area contributed by atoms with Gasteiger partial charge < -0.3 is 4.74 Å². The van der Waals surface area contributed by atoms with Crippen LogP contribution >= 0.6 is 0 Å². The van der Waals surface area contributed by atoms with Crippen LogP contribution in [0.5, 0.6) is 0 Å². The highest BCUT2D eigenvalue weighted by Crippen LogP contribution is 2.35. The van der Waals surface area contributed by atoms with Gasteiger partial charge in [0.1, 0.15) is 0 Å². The monoisotopic (exact) mass is 240 g/mol. The van der Waals surface area contributed by atoms with Gasteiger partial charge in [-0.2, -0.15) is 10.2 Å². The lowest BCUT2D eigenvalue weighted by Crippen LogP contribution is -2.04. The highest BCUT2D eigenvalue weighted by molar-refractivity contribution is 5.91. The molecule has 0 bridgehead atoms. The van der Waals surface area contributed by atoms with Crippen molar-refractivity contribution >= 4 is 5.97 Å². The summed E-state index contributed by atoms with van der Waals surface area (Å²) < 4.78 is 5.00. The Labute approximate surface area is 105 Å². The fourth-order valence-electron chi connectivity index (χ4n) is 2.26. The number of benzene rings is 1. The minimum atomic E-state index is -0.276. The molecule has 3 rings (SSSR count). The maximum Gasteiger partial charge on any atom is 0.338 e. The third-order valence-corrected chi connectivity index (χ3v) is 3.06. The second-order valence-electron chi connectivity index (χ2n) is 4.16. The number of carbonyl (C=O) groups excluding carboxylic acids is 1. The fraction of sp³-hybridized carbons (Fsp3) is 0.214. The first-order valence-electron chi connectivity index (χ1n) is 5.90. The van der Waals surface area contributed by atoms with E-state index in [-0.39, 0.29) is 5.97 Å². The number of aromatic nitrogens is 2. The van der Waals surface area contributed by atoms with Crippen LogP contribution in [-0.4, -0.2) is 22.8 Å². The maximum atomic E-state index is 11.7. The zero-order valence-corrected chi connectivity index (χ0v) is 10.0. The summed E-state index contributed by atoms with van der Waals surface area (Å²) in [6.07, 6.45) is 2.42. The Bertz CT molecular complexity index is 623. The molecule has 1 aromatic carbocycles. The average Bonchev–Trinajstić information content (AvgIpc) is 2.76. The smallest absolute Gasteiger partial charge is 0.338 e. The molecular formula is C14H12N2O2. The average molecular weight is 240 g/mol. The van der Waals surface area contributed by atoms with Gasteiger partial charge in [0.2, 0.25) is 0 Å². The molecule has 1 aromatic heterocycles. The number of hydrogen-bond acceptors (Lipinski definition) is 4. The Morgan fingerprint density at radius 3 is 3.06 bits per heavy atom. The van der Waals surface area contributed by atoms with Gasteiger partial charge in [0, 0.05) is 12.0 Å². The first-order valence-corrected chi connectivity index (χ1v) is 5.90. The first-order chi connectivity index (χ1) is 8.79. The minimum absolute atomic E-state index is 0.276. The number of carbonyl (C=O) groups is 1. The number of nitrogens with zero attached hydrogens (tertiary/aromatic N) is 2. The molecule has 1 aliphatic carbocycles. The molecule has 4 nitrogen and oxygen atoms in total. The molecule has 1 heterocycles. The molecule has 2 aromatic rings. The number of esters is 1. The molecule has 0 N–H and O–H groups in total. The van der Waals surface area contributed by atoms with E-state index in [1.165, 1.54) is 0 Å². The van der Waals surface area contributed by atoms with Crippen LogP contribution in [0.1, 0.15) is 28.5 Å². The molecule has 0 unspecified atom stereocenters. The summed E-state index contributed by atoms with van der Waals surface area (Å²) in [6, 6.07) is 7.59. The van der Waals surface area contributed by atoms with Gasteiger partial charge >= 0.3 is 5.97 Å². The van der Waals surface area contributed by atoms with Crippen molar-refractivity contribution in [2.45, 2.75) is 13.3 Å². The zero-order valence-electron chi connectivity index (χ0n) is 10.0. The normalized spacial score (nSPS) is 11.8. The largest absolute Gasteiger partial charge is 0.462 e. The number of rotatable bonds is 2. The van der Waals surface area contributed by atoms with Crippen molar-refractivity contribution < 1.29 is 9.53 Å². The highest BCUT2D eigenvalue weighted by atomic mass is 16.5. The Morgan fingerprint density at radius 2 is 2.22 bits per heavy atom. The maximum absolute atomic E-state index is 11.7. The summed E-state index contributed by atoms with van der Waals surface area (Å²) in [5.74, 6) is -0.276. The van der Waals surface area contributed by atoms with E-state index in [4.69, 9.17) is 4.74 Å². The number of hydrogen-bond donors (Lipinski definition) is 0. The molecular weight excluding hydrogens is 228 g/mol. The van der Waals surface area contributed by atoms with E-state index in [2.05, 4.69) is 10.2 Å². The highest BCUT2D eigenvalue weighted by Gasteiger charge is 2.21. The van der Waals surface area contributed by atoms with Gasteiger partial charge in [0.25, 0.3) is 0 Å².